The maximum Gasteiger partial charge on any atom is 0.255 e. The molecule has 3 amide bonds. The van der Waals surface area contributed by atoms with Gasteiger partial charge in [0.25, 0.3) is 5.91 Å². The fraction of sp³-hybridized carbons (Fsp3) is 0.500. The van der Waals surface area contributed by atoms with Gasteiger partial charge in [-0.2, -0.15) is 0 Å². The van der Waals surface area contributed by atoms with Crippen molar-refractivity contribution in [2.75, 3.05) is 45.7 Å². The number of hydrogen-bond donors (Lipinski definition) is 1. The number of carbonyl (C=O) groups is 4. The van der Waals surface area contributed by atoms with Gasteiger partial charge < -0.3 is 14.7 Å². The Morgan fingerprint density at radius 1 is 1.21 bits per heavy atom. The van der Waals surface area contributed by atoms with Crippen LogP contribution in [0, 0.1) is 0 Å². The van der Waals surface area contributed by atoms with Crippen LogP contribution in [0.3, 0.4) is 0 Å². The van der Waals surface area contributed by atoms with Crippen molar-refractivity contribution in [3.05, 3.63) is 29.3 Å². The van der Waals surface area contributed by atoms with Crippen molar-refractivity contribution in [2.24, 2.45) is 0 Å². The number of nitrogens with zero attached hydrogens (tertiary/aromatic N) is 3. The van der Waals surface area contributed by atoms with E-state index in [1.807, 2.05) is 27.1 Å². The van der Waals surface area contributed by atoms with Crippen molar-refractivity contribution in [3.63, 3.8) is 0 Å². The lowest BCUT2D eigenvalue weighted by Crippen LogP contribution is -2.53. The van der Waals surface area contributed by atoms with Gasteiger partial charge in [0, 0.05) is 44.4 Å². The number of nitrogens with one attached hydrogen (secondary N) is 1. The van der Waals surface area contributed by atoms with Crippen LogP contribution >= 0.6 is 0 Å². The number of rotatable bonds is 8. The topological polar surface area (TPSA) is 90.0 Å². The smallest absolute Gasteiger partial charge is 0.255 e. The van der Waals surface area contributed by atoms with Gasteiger partial charge in [-0.15, -0.1) is 0 Å². The predicted molar refractivity (Wildman–Crippen MR) is 107 cm³/mol. The molecule has 1 atom stereocenters. The molecule has 0 aliphatic carbocycles. The van der Waals surface area contributed by atoms with E-state index in [0.29, 0.717) is 6.29 Å². The Bertz CT molecular complexity index is 763. The minimum atomic E-state index is -0.732. The van der Waals surface area contributed by atoms with E-state index in [4.69, 9.17) is 0 Å². The number of anilines is 1. The maximum atomic E-state index is 13.1. The van der Waals surface area contributed by atoms with Crippen molar-refractivity contribution in [1.29, 1.82) is 0 Å². The molecule has 1 aromatic carbocycles. The van der Waals surface area contributed by atoms with Gasteiger partial charge in [-0.1, -0.05) is 0 Å². The summed E-state index contributed by atoms with van der Waals surface area (Å²) in [7, 11) is 5.51. The Morgan fingerprint density at radius 3 is 2.50 bits per heavy atom. The Labute approximate surface area is 165 Å². The van der Waals surface area contributed by atoms with E-state index < -0.39 is 17.9 Å². The third-order valence-electron chi connectivity index (χ3n) is 4.96. The SMILES string of the molecule is CCN(CCN(C)C)c1ccc(C=O)c(C(=O)N(C)C2CCC(=O)NC2=O)c1. The lowest BCUT2D eigenvalue weighted by molar-refractivity contribution is -0.136. The zero-order valence-corrected chi connectivity index (χ0v) is 16.9. The molecule has 28 heavy (non-hydrogen) atoms. The molecule has 1 aliphatic heterocycles. The fourth-order valence-electron chi connectivity index (χ4n) is 3.20. The normalized spacial score (nSPS) is 16.7. The first-order chi connectivity index (χ1) is 13.3. The average Bonchev–Trinajstić information content (AvgIpc) is 2.67. The van der Waals surface area contributed by atoms with Gasteiger partial charge in [-0.05, 0) is 45.6 Å². The molecule has 8 heteroatoms. The zero-order valence-electron chi connectivity index (χ0n) is 16.9. The molecule has 8 nitrogen and oxygen atoms in total. The highest BCUT2D eigenvalue weighted by molar-refractivity contribution is 6.06. The molecule has 1 unspecified atom stereocenters. The lowest BCUT2D eigenvalue weighted by Gasteiger charge is -2.30. The van der Waals surface area contributed by atoms with Crippen molar-refractivity contribution in [1.82, 2.24) is 15.1 Å². The summed E-state index contributed by atoms with van der Waals surface area (Å²) in [5, 5.41) is 2.26. The molecule has 1 N–H and O–H groups in total. The zero-order chi connectivity index (χ0) is 20.8. The van der Waals surface area contributed by atoms with Gasteiger partial charge in [0.2, 0.25) is 11.8 Å². The van der Waals surface area contributed by atoms with Gasteiger partial charge in [0.15, 0.2) is 6.29 Å². The molecule has 152 valence electrons. The summed E-state index contributed by atoms with van der Waals surface area (Å²) < 4.78 is 0. The van der Waals surface area contributed by atoms with Crippen LogP contribution in [-0.2, 0) is 9.59 Å². The van der Waals surface area contributed by atoms with Crippen LogP contribution in [0.15, 0.2) is 18.2 Å². The van der Waals surface area contributed by atoms with Crippen molar-refractivity contribution >= 4 is 29.7 Å². The first kappa shape index (κ1) is 21.6. The molecular weight excluding hydrogens is 360 g/mol. The van der Waals surface area contributed by atoms with Gasteiger partial charge >= 0.3 is 0 Å². The molecule has 1 aromatic rings. The Kier molecular flexibility index (Phi) is 7.28. The molecule has 1 aliphatic rings. The van der Waals surface area contributed by atoms with E-state index in [2.05, 4.69) is 15.1 Å². The highest BCUT2D eigenvalue weighted by Gasteiger charge is 2.33. The van der Waals surface area contributed by atoms with Crippen LogP contribution in [0.2, 0.25) is 0 Å². The average molecular weight is 388 g/mol. The lowest BCUT2D eigenvalue weighted by atomic mass is 10.0. The number of carbonyl (C=O) groups excluding carboxylic acids is 4. The van der Waals surface area contributed by atoms with E-state index >= 15 is 0 Å². The summed E-state index contributed by atoms with van der Waals surface area (Å²) in [6.07, 6.45) is 1.10. The van der Waals surface area contributed by atoms with Crippen LogP contribution in [0.5, 0.6) is 0 Å². The molecular formula is C20H28N4O4. The van der Waals surface area contributed by atoms with Crippen LogP contribution in [-0.4, -0.2) is 80.6 Å². The maximum absolute atomic E-state index is 13.1. The second-order valence-electron chi connectivity index (χ2n) is 7.16. The molecule has 1 saturated heterocycles. The quantitative estimate of drug-likeness (QED) is 0.522. The fourth-order valence-corrected chi connectivity index (χ4v) is 3.20. The minimum Gasteiger partial charge on any atom is -0.371 e. The predicted octanol–water partition coefficient (Wildman–Crippen LogP) is 0.764. The van der Waals surface area contributed by atoms with Gasteiger partial charge in [-0.3, -0.25) is 24.5 Å². The molecule has 0 radical (unpaired) electrons. The van der Waals surface area contributed by atoms with Gasteiger partial charge in [-0.25, -0.2) is 0 Å². The summed E-state index contributed by atoms with van der Waals surface area (Å²) in [4.78, 5) is 53.5. The first-order valence-electron chi connectivity index (χ1n) is 9.38. The number of imide groups is 1. The highest BCUT2D eigenvalue weighted by Crippen LogP contribution is 2.22. The van der Waals surface area contributed by atoms with E-state index in [9.17, 15) is 19.2 Å². The van der Waals surface area contributed by atoms with E-state index in [1.165, 1.54) is 11.9 Å². The molecule has 2 rings (SSSR count). The standard InChI is InChI=1S/C20H28N4O4/c1-5-24(11-10-22(2)3)15-7-6-14(13-25)16(12-15)20(28)23(4)17-8-9-18(26)21-19(17)27/h6-7,12-13,17H,5,8-11H2,1-4H3,(H,21,26,27). The van der Waals surface area contributed by atoms with Gasteiger partial charge in [0.1, 0.15) is 6.04 Å². The van der Waals surface area contributed by atoms with Crippen LogP contribution in [0.4, 0.5) is 5.69 Å². The molecule has 0 spiro atoms. The highest BCUT2D eigenvalue weighted by atomic mass is 16.2. The molecule has 0 aromatic heterocycles. The number of likely N-dealkylation sites (N-methyl/N-ethyl adjacent to an activating group) is 3. The Hall–Kier alpha value is -2.74. The van der Waals surface area contributed by atoms with Crippen LogP contribution < -0.4 is 10.2 Å². The summed E-state index contributed by atoms with van der Waals surface area (Å²) in [6, 6.07) is 4.43. The number of amides is 3. The van der Waals surface area contributed by atoms with Crippen LogP contribution in [0.25, 0.3) is 0 Å². The molecule has 1 fully saturated rings. The Morgan fingerprint density at radius 2 is 1.93 bits per heavy atom. The largest absolute Gasteiger partial charge is 0.371 e. The first-order valence-corrected chi connectivity index (χ1v) is 9.38. The van der Waals surface area contributed by atoms with E-state index in [-0.39, 0.29) is 29.9 Å². The number of benzene rings is 1. The summed E-state index contributed by atoms with van der Waals surface area (Å²) in [6.45, 7) is 4.41. The second-order valence-corrected chi connectivity index (χ2v) is 7.16. The number of piperidine rings is 1. The van der Waals surface area contributed by atoms with Crippen molar-refractivity contribution < 1.29 is 19.2 Å². The van der Waals surface area contributed by atoms with Gasteiger partial charge in [0.05, 0.1) is 5.56 Å². The summed E-state index contributed by atoms with van der Waals surface area (Å²) in [5.41, 5.74) is 1.37. The third kappa shape index (κ3) is 4.95. The monoisotopic (exact) mass is 388 g/mol. The van der Waals surface area contributed by atoms with E-state index in [1.54, 1.807) is 12.1 Å². The summed E-state index contributed by atoms with van der Waals surface area (Å²) >= 11 is 0. The van der Waals surface area contributed by atoms with E-state index in [0.717, 1.165) is 25.3 Å². The second kappa shape index (κ2) is 9.45. The Balaban J connectivity index is 2.29. The molecule has 0 bridgehead atoms. The molecule has 0 saturated carbocycles. The minimum absolute atomic E-state index is 0.183. The number of aldehydes is 1. The third-order valence-corrected chi connectivity index (χ3v) is 4.96. The van der Waals surface area contributed by atoms with Crippen LogP contribution in [0.1, 0.15) is 40.5 Å². The van der Waals surface area contributed by atoms with Crippen molar-refractivity contribution in [2.45, 2.75) is 25.8 Å². The summed E-state index contributed by atoms with van der Waals surface area (Å²) in [5.74, 6) is -1.24. The molecule has 1 heterocycles. The number of hydrogen-bond acceptors (Lipinski definition) is 6. The van der Waals surface area contributed by atoms with Crippen molar-refractivity contribution in [3.8, 4) is 0 Å².